The van der Waals surface area contributed by atoms with Crippen molar-refractivity contribution in [3.63, 3.8) is 0 Å². The zero-order valence-corrected chi connectivity index (χ0v) is 9.85. The van der Waals surface area contributed by atoms with E-state index in [9.17, 15) is 13.2 Å². The Morgan fingerprint density at radius 1 is 1.06 bits per heavy atom. The highest BCUT2D eigenvalue weighted by molar-refractivity contribution is 4.86. The van der Waals surface area contributed by atoms with E-state index < -0.39 is 12.7 Å². The lowest BCUT2D eigenvalue weighted by Crippen LogP contribution is -2.58. The second-order valence-electron chi connectivity index (χ2n) is 4.89. The Morgan fingerprint density at radius 3 is 1.94 bits per heavy atom. The van der Waals surface area contributed by atoms with Gasteiger partial charge in [-0.3, -0.25) is 9.80 Å². The molecule has 1 fully saturated rings. The number of hydrogen-bond acceptors (Lipinski definition) is 3. The molecule has 0 unspecified atom stereocenters. The van der Waals surface area contributed by atoms with Gasteiger partial charge in [-0.25, -0.2) is 0 Å². The average Bonchev–Trinajstić information content (AvgIpc) is 2.16. The summed E-state index contributed by atoms with van der Waals surface area (Å²) in [6, 6.07) is 0. The van der Waals surface area contributed by atoms with Crippen molar-refractivity contribution in [1.82, 2.24) is 9.80 Å². The number of rotatable bonds is 3. The van der Waals surface area contributed by atoms with Crippen LogP contribution in [-0.2, 0) is 0 Å². The Labute approximate surface area is 94.4 Å². The maximum atomic E-state index is 12.2. The van der Waals surface area contributed by atoms with Gasteiger partial charge in [-0.15, -0.1) is 0 Å². The lowest BCUT2D eigenvalue weighted by atomic mass is 10.0. The quantitative estimate of drug-likeness (QED) is 0.794. The molecule has 1 saturated heterocycles. The molecule has 1 rings (SSSR count). The molecule has 16 heavy (non-hydrogen) atoms. The van der Waals surface area contributed by atoms with Crippen LogP contribution in [0.2, 0.25) is 0 Å². The lowest BCUT2D eigenvalue weighted by Gasteiger charge is -2.43. The van der Waals surface area contributed by atoms with Crippen molar-refractivity contribution >= 4 is 0 Å². The minimum Gasteiger partial charge on any atom is -0.329 e. The van der Waals surface area contributed by atoms with E-state index in [1.54, 1.807) is 0 Å². The first-order chi connectivity index (χ1) is 7.24. The molecule has 0 aromatic heterocycles. The van der Waals surface area contributed by atoms with Crippen LogP contribution >= 0.6 is 0 Å². The van der Waals surface area contributed by atoms with E-state index >= 15 is 0 Å². The van der Waals surface area contributed by atoms with Gasteiger partial charge in [0.1, 0.15) is 0 Å². The Kier molecular flexibility index (Phi) is 4.20. The number of nitrogens with zero attached hydrogens (tertiary/aromatic N) is 2. The van der Waals surface area contributed by atoms with Crippen molar-refractivity contribution in [3.8, 4) is 0 Å². The molecule has 2 N–H and O–H groups in total. The number of halogens is 3. The average molecular weight is 239 g/mol. The zero-order valence-electron chi connectivity index (χ0n) is 9.85. The number of alkyl halides is 3. The van der Waals surface area contributed by atoms with E-state index in [-0.39, 0.29) is 5.54 Å². The molecule has 0 amide bonds. The Bertz CT molecular complexity index is 220. The minimum absolute atomic E-state index is 0.121. The maximum absolute atomic E-state index is 12.2. The number of piperazine rings is 1. The molecule has 0 saturated carbocycles. The van der Waals surface area contributed by atoms with Crippen LogP contribution in [0.25, 0.3) is 0 Å². The lowest BCUT2D eigenvalue weighted by molar-refractivity contribution is -0.150. The molecular weight excluding hydrogens is 219 g/mol. The predicted octanol–water partition coefficient (Wildman–Crippen LogP) is 0.904. The summed E-state index contributed by atoms with van der Waals surface area (Å²) in [5.74, 6) is 0. The van der Waals surface area contributed by atoms with Crippen LogP contribution in [0.15, 0.2) is 0 Å². The van der Waals surface area contributed by atoms with Gasteiger partial charge in [0, 0.05) is 38.3 Å². The first-order valence-corrected chi connectivity index (χ1v) is 5.49. The van der Waals surface area contributed by atoms with Gasteiger partial charge in [0.25, 0.3) is 0 Å². The zero-order chi connectivity index (χ0) is 12.4. The summed E-state index contributed by atoms with van der Waals surface area (Å²) in [5, 5.41) is 0. The first kappa shape index (κ1) is 13.7. The van der Waals surface area contributed by atoms with Crippen molar-refractivity contribution in [2.75, 3.05) is 39.3 Å². The van der Waals surface area contributed by atoms with Gasteiger partial charge >= 0.3 is 6.18 Å². The summed E-state index contributed by atoms with van der Waals surface area (Å²) < 4.78 is 36.5. The van der Waals surface area contributed by atoms with Crippen molar-refractivity contribution in [2.24, 2.45) is 5.73 Å². The van der Waals surface area contributed by atoms with Crippen LogP contribution < -0.4 is 5.73 Å². The van der Waals surface area contributed by atoms with Gasteiger partial charge in [0.15, 0.2) is 0 Å². The Hall–Kier alpha value is -0.330. The normalized spacial score (nSPS) is 21.4. The molecule has 0 atom stereocenters. The van der Waals surface area contributed by atoms with Crippen molar-refractivity contribution < 1.29 is 13.2 Å². The minimum atomic E-state index is -4.09. The van der Waals surface area contributed by atoms with Crippen molar-refractivity contribution in [1.29, 1.82) is 0 Å². The molecule has 96 valence electrons. The molecule has 0 aromatic carbocycles. The molecule has 3 nitrogen and oxygen atoms in total. The SMILES string of the molecule is CC(C)(CN)N1CCN(CC(F)(F)F)CC1. The van der Waals surface area contributed by atoms with Crippen molar-refractivity contribution in [2.45, 2.75) is 25.6 Å². The summed E-state index contributed by atoms with van der Waals surface area (Å²) in [7, 11) is 0. The van der Waals surface area contributed by atoms with Crippen LogP contribution in [0.5, 0.6) is 0 Å². The highest BCUT2D eigenvalue weighted by atomic mass is 19.4. The third-order valence-electron chi connectivity index (χ3n) is 3.13. The molecule has 0 aromatic rings. The number of nitrogens with two attached hydrogens (primary N) is 1. The molecule has 0 aliphatic carbocycles. The number of hydrogen-bond donors (Lipinski definition) is 1. The van der Waals surface area contributed by atoms with E-state index in [1.165, 1.54) is 4.90 Å². The molecule has 0 radical (unpaired) electrons. The van der Waals surface area contributed by atoms with Gasteiger partial charge in [0.2, 0.25) is 0 Å². The molecular formula is C10H20F3N3. The Balaban J connectivity index is 2.40. The van der Waals surface area contributed by atoms with E-state index in [2.05, 4.69) is 4.90 Å². The smallest absolute Gasteiger partial charge is 0.329 e. The third kappa shape index (κ3) is 3.92. The van der Waals surface area contributed by atoms with Gasteiger partial charge < -0.3 is 5.73 Å². The molecule has 6 heteroatoms. The molecule has 1 heterocycles. The van der Waals surface area contributed by atoms with Crippen LogP contribution in [0.4, 0.5) is 13.2 Å². The summed E-state index contributed by atoms with van der Waals surface area (Å²) in [5.41, 5.74) is 5.52. The van der Waals surface area contributed by atoms with E-state index in [4.69, 9.17) is 5.73 Å². The topological polar surface area (TPSA) is 32.5 Å². The van der Waals surface area contributed by atoms with Gasteiger partial charge in [-0.1, -0.05) is 0 Å². The molecule has 0 spiro atoms. The largest absolute Gasteiger partial charge is 0.401 e. The second kappa shape index (κ2) is 4.89. The molecule has 1 aliphatic heterocycles. The van der Waals surface area contributed by atoms with Crippen molar-refractivity contribution in [3.05, 3.63) is 0 Å². The van der Waals surface area contributed by atoms with Gasteiger partial charge in [0.05, 0.1) is 6.54 Å². The maximum Gasteiger partial charge on any atom is 0.401 e. The van der Waals surface area contributed by atoms with Crippen LogP contribution in [0.3, 0.4) is 0 Å². The summed E-state index contributed by atoms with van der Waals surface area (Å²) in [6.07, 6.45) is -4.09. The standard InChI is InChI=1S/C10H20F3N3/c1-9(2,7-14)16-5-3-15(4-6-16)8-10(11,12)13/h3-8,14H2,1-2H3. The molecule has 1 aliphatic rings. The van der Waals surface area contributed by atoms with Crippen LogP contribution in [-0.4, -0.2) is 60.8 Å². The van der Waals surface area contributed by atoms with E-state index in [0.29, 0.717) is 32.7 Å². The van der Waals surface area contributed by atoms with Gasteiger partial charge in [-0.2, -0.15) is 13.2 Å². The van der Waals surface area contributed by atoms with E-state index in [0.717, 1.165) is 0 Å². The highest BCUT2D eigenvalue weighted by Crippen LogP contribution is 2.20. The predicted molar refractivity (Wildman–Crippen MR) is 57.2 cm³/mol. The summed E-state index contributed by atoms with van der Waals surface area (Å²) in [4.78, 5) is 3.60. The summed E-state index contributed by atoms with van der Waals surface area (Å²) in [6.45, 7) is 5.99. The fourth-order valence-electron chi connectivity index (χ4n) is 1.89. The Morgan fingerprint density at radius 2 is 1.56 bits per heavy atom. The summed E-state index contributed by atoms with van der Waals surface area (Å²) >= 11 is 0. The monoisotopic (exact) mass is 239 g/mol. The second-order valence-corrected chi connectivity index (χ2v) is 4.89. The third-order valence-corrected chi connectivity index (χ3v) is 3.13. The first-order valence-electron chi connectivity index (χ1n) is 5.49. The fourth-order valence-corrected chi connectivity index (χ4v) is 1.89. The molecule has 0 bridgehead atoms. The van der Waals surface area contributed by atoms with Crippen LogP contribution in [0.1, 0.15) is 13.8 Å². The van der Waals surface area contributed by atoms with E-state index in [1.807, 2.05) is 13.8 Å². The van der Waals surface area contributed by atoms with Crippen LogP contribution in [0, 0.1) is 0 Å². The van der Waals surface area contributed by atoms with Gasteiger partial charge in [-0.05, 0) is 13.8 Å². The highest BCUT2D eigenvalue weighted by Gasteiger charge is 2.34. The fraction of sp³-hybridized carbons (Fsp3) is 1.00.